The van der Waals surface area contributed by atoms with Crippen LogP contribution in [-0.4, -0.2) is 49.5 Å². The summed E-state index contributed by atoms with van der Waals surface area (Å²) in [5, 5.41) is 26.1. The number of para-hydroxylation sites is 2. The Hall–Kier alpha value is -3.30. The second-order valence-corrected chi connectivity index (χ2v) is 8.77. The number of imidazole rings is 1. The van der Waals surface area contributed by atoms with Crippen LogP contribution in [0.3, 0.4) is 0 Å². The number of amides is 1. The number of fused-ring (bicyclic) bond motifs is 2. The minimum atomic E-state index is -1.09. The highest BCUT2D eigenvalue weighted by molar-refractivity contribution is 5.98. The van der Waals surface area contributed by atoms with Crippen LogP contribution in [0.5, 0.6) is 11.5 Å². The van der Waals surface area contributed by atoms with Crippen molar-refractivity contribution >= 4 is 22.6 Å². The fourth-order valence-electron chi connectivity index (χ4n) is 3.91. The maximum Gasteiger partial charge on any atom is 0.328 e. The van der Waals surface area contributed by atoms with E-state index in [1.165, 1.54) is 12.1 Å². The lowest BCUT2D eigenvalue weighted by molar-refractivity contribution is -0.128. The number of β-amino-alcohol motifs (C(OH)–C–C–N with tert-alkyl or cyclic N) is 1. The molecule has 9 nitrogen and oxygen atoms in total. The summed E-state index contributed by atoms with van der Waals surface area (Å²) in [5.41, 5.74) is 1.65. The van der Waals surface area contributed by atoms with E-state index in [1.54, 1.807) is 22.2 Å². The predicted molar refractivity (Wildman–Crippen MR) is 121 cm³/mol. The SMILES string of the molecule is Cn1c(=O)n(CCC(C)(C)NCC(O)C2Oc3ccc(O)cc3NC2=O)c2ccccc21. The molecule has 4 rings (SSSR count). The summed E-state index contributed by atoms with van der Waals surface area (Å²) in [6.45, 7) is 4.60. The van der Waals surface area contributed by atoms with E-state index in [1.807, 2.05) is 38.1 Å². The molecule has 0 spiro atoms. The van der Waals surface area contributed by atoms with Crippen molar-refractivity contribution in [2.75, 3.05) is 11.9 Å². The summed E-state index contributed by atoms with van der Waals surface area (Å²) < 4.78 is 9.05. The Kier molecular flexibility index (Phi) is 5.70. The number of ether oxygens (including phenoxy) is 1. The van der Waals surface area contributed by atoms with Crippen molar-refractivity contribution in [3.8, 4) is 11.5 Å². The molecule has 9 heteroatoms. The summed E-state index contributed by atoms with van der Waals surface area (Å²) in [6, 6.07) is 12.1. The van der Waals surface area contributed by atoms with Crippen LogP contribution in [-0.2, 0) is 18.4 Å². The lowest BCUT2D eigenvalue weighted by Gasteiger charge is -2.32. The lowest BCUT2D eigenvalue weighted by atomic mass is 9.99. The van der Waals surface area contributed by atoms with Gasteiger partial charge < -0.3 is 25.6 Å². The molecule has 1 aliphatic rings. The average Bonchev–Trinajstić information content (AvgIpc) is 3.00. The molecule has 4 N–H and O–H groups in total. The van der Waals surface area contributed by atoms with Crippen molar-refractivity contribution < 1.29 is 19.7 Å². The van der Waals surface area contributed by atoms with Gasteiger partial charge in [-0.3, -0.25) is 13.9 Å². The molecule has 0 saturated heterocycles. The normalized spacial score (nSPS) is 17.0. The van der Waals surface area contributed by atoms with Gasteiger partial charge in [-0.2, -0.15) is 0 Å². The number of anilines is 1. The minimum Gasteiger partial charge on any atom is -0.508 e. The number of phenols is 1. The molecule has 1 aromatic heterocycles. The minimum absolute atomic E-state index is 0.0142. The number of carbonyl (C=O) groups excluding carboxylic acids is 1. The number of aryl methyl sites for hydroxylation is 2. The number of rotatable bonds is 7. The predicted octanol–water partition coefficient (Wildman–Crippen LogP) is 1.56. The molecule has 1 aliphatic heterocycles. The van der Waals surface area contributed by atoms with Gasteiger partial charge in [-0.1, -0.05) is 12.1 Å². The van der Waals surface area contributed by atoms with Crippen LogP contribution < -0.4 is 21.1 Å². The molecule has 0 saturated carbocycles. The third-order valence-electron chi connectivity index (χ3n) is 5.88. The fraction of sp³-hybridized carbons (Fsp3) is 0.391. The zero-order valence-corrected chi connectivity index (χ0v) is 18.3. The third-order valence-corrected chi connectivity index (χ3v) is 5.88. The van der Waals surface area contributed by atoms with E-state index in [4.69, 9.17) is 4.74 Å². The van der Waals surface area contributed by atoms with Gasteiger partial charge in [0.1, 0.15) is 17.6 Å². The van der Waals surface area contributed by atoms with E-state index >= 15 is 0 Å². The van der Waals surface area contributed by atoms with Gasteiger partial charge in [0.25, 0.3) is 5.91 Å². The largest absolute Gasteiger partial charge is 0.508 e. The molecule has 0 fully saturated rings. The Morgan fingerprint density at radius 2 is 1.91 bits per heavy atom. The molecular formula is C23H28N4O5. The van der Waals surface area contributed by atoms with Gasteiger partial charge in [0.05, 0.1) is 16.7 Å². The first-order chi connectivity index (χ1) is 15.2. The number of benzene rings is 2. The number of nitrogens with one attached hydrogen (secondary N) is 2. The zero-order chi connectivity index (χ0) is 23.0. The number of aromatic nitrogens is 2. The molecule has 2 atom stereocenters. The molecule has 2 unspecified atom stereocenters. The van der Waals surface area contributed by atoms with Crippen LogP contribution in [0.1, 0.15) is 20.3 Å². The Bertz CT molecular complexity index is 1210. The molecule has 32 heavy (non-hydrogen) atoms. The number of nitrogens with zero attached hydrogens (tertiary/aromatic N) is 2. The Balaban J connectivity index is 1.38. The van der Waals surface area contributed by atoms with Gasteiger partial charge in [0.2, 0.25) is 6.10 Å². The van der Waals surface area contributed by atoms with Crippen molar-refractivity contribution in [1.82, 2.24) is 14.5 Å². The van der Waals surface area contributed by atoms with E-state index in [0.29, 0.717) is 24.4 Å². The summed E-state index contributed by atoms with van der Waals surface area (Å²) >= 11 is 0. The van der Waals surface area contributed by atoms with Crippen LogP contribution in [0.15, 0.2) is 47.3 Å². The molecule has 3 aromatic rings. The molecule has 0 aliphatic carbocycles. The molecule has 0 bridgehead atoms. The van der Waals surface area contributed by atoms with Crippen molar-refractivity contribution in [3.63, 3.8) is 0 Å². The standard InChI is InChI=1S/C23H28N4O5/c1-23(2,10-11-27-17-7-5-4-6-16(17)26(3)22(27)31)24-13-18(29)20-21(30)25-15-12-14(28)8-9-19(15)32-20/h4-9,12,18,20,24,28-29H,10-11,13H2,1-3H3,(H,25,30). The zero-order valence-electron chi connectivity index (χ0n) is 18.3. The van der Waals surface area contributed by atoms with Crippen LogP contribution in [0.25, 0.3) is 11.0 Å². The first kappa shape index (κ1) is 21.9. The molecule has 0 radical (unpaired) electrons. The quantitative estimate of drug-likeness (QED) is 0.443. The Labute approximate surface area is 185 Å². The maximum atomic E-state index is 12.6. The number of aromatic hydroxyl groups is 1. The first-order valence-electron chi connectivity index (χ1n) is 10.5. The van der Waals surface area contributed by atoms with Crippen LogP contribution in [0.2, 0.25) is 0 Å². The number of aliphatic hydroxyl groups is 1. The van der Waals surface area contributed by atoms with E-state index in [-0.39, 0.29) is 18.0 Å². The van der Waals surface area contributed by atoms with Gasteiger partial charge >= 0.3 is 5.69 Å². The molecule has 2 aromatic carbocycles. The first-order valence-corrected chi connectivity index (χ1v) is 10.5. The van der Waals surface area contributed by atoms with E-state index in [0.717, 1.165) is 11.0 Å². The van der Waals surface area contributed by atoms with Crippen LogP contribution in [0.4, 0.5) is 5.69 Å². The number of phenolic OH excluding ortho intramolecular Hbond substituents is 1. The van der Waals surface area contributed by atoms with Gasteiger partial charge in [0.15, 0.2) is 0 Å². The topological polar surface area (TPSA) is 118 Å². The molecule has 1 amide bonds. The second-order valence-electron chi connectivity index (χ2n) is 8.77. The molecular weight excluding hydrogens is 412 g/mol. The smallest absolute Gasteiger partial charge is 0.328 e. The monoisotopic (exact) mass is 440 g/mol. The maximum absolute atomic E-state index is 12.6. The average molecular weight is 441 g/mol. The van der Waals surface area contributed by atoms with Crippen LogP contribution >= 0.6 is 0 Å². The number of aliphatic hydroxyl groups excluding tert-OH is 1. The van der Waals surface area contributed by atoms with Crippen molar-refractivity contribution in [1.29, 1.82) is 0 Å². The van der Waals surface area contributed by atoms with Crippen molar-refractivity contribution in [3.05, 3.63) is 52.9 Å². The summed E-state index contributed by atoms with van der Waals surface area (Å²) in [5.74, 6) is -0.0704. The summed E-state index contributed by atoms with van der Waals surface area (Å²) in [6.07, 6.45) is -1.53. The fourth-order valence-corrected chi connectivity index (χ4v) is 3.91. The van der Waals surface area contributed by atoms with Crippen molar-refractivity contribution in [2.24, 2.45) is 7.05 Å². The van der Waals surface area contributed by atoms with Crippen LogP contribution in [0, 0.1) is 0 Å². The lowest BCUT2D eigenvalue weighted by Crippen LogP contribution is -2.52. The summed E-state index contributed by atoms with van der Waals surface area (Å²) in [7, 11) is 1.76. The Morgan fingerprint density at radius 1 is 1.19 bits per heavy atom. The second kappa shape index (κ2) is 8.33. The van der Waals surface area contributed by atoms with E-state index in [2.05, 4.69) is 10.6 Å². The van der Waals surface area contributed by atoms with Gasteiger partial charge in [-0.15, -0.1) is 0 Å². The highest BCUT2D eigenvalue weighted by Crippen LogP contribution is 2.33. The molecule has 170 valence electrons. The number of hydrogen-bond donors (Lipinski definition) is 4. The number of carbonyl (C=O) groups is 1. The highest BCUT2D eigenvalue weighted by Gasteiger charge is 2.34. The molecule has 2 heterocycles. The van der Waals surface area contributed by atoms with Gasteiger partial charge in [-0.25, -0.2) is 4.79 Å². The van der Waals surface area contributed by atoms with Gasteiger partial charge in [-0.05, 0) is 44.5 Å². The van der Waals surface area contributed by atoms with Gasteiger partial charge in [0, 0.05) is 31.7 Å². The summed E-state index contributed by atoms with van der Waals surface area (Å²) in [4.78, 5) is 25.0. The van der Waals surface area contributed by atoms with E-state index in [9.17, 15) is 19.8 Å². The van der Waals surface area contributed by atoms with Crippen molar-refractivity contribution in [2.45, 2.75) is 44.6 Å². The highest BCUT2D eigenvalue weighted by atomic mass is 16.5. The van der Waals surface area contributed by atoms with E-state index < -0.39 is 23.7 Å². The third kappa shape index (κ3) is 4.21. The number of hydrogen-bond acceptors (Lipinski definition) is 6. The Morgan fingerprint density at radius 3 is 2.66 bits per heavy atom.